The number of anilines is 1. The molecule has 0 spiro atoms. The van der Waals surface area contributed by atoms with Crippen LogP contribution in [0.2, 0.25) is 0 Å². The molecule has 0 aliphatic rings. The smallest absolute Gasteiger partial charge is 0.248 e. The summed E-state index contributed by atoms with van der Waals surface area (Å²) >= 11 is 0. The summed E-state index contributed by atoms with van der Waals surface area (Å²) in [5, 5.41) is 12.0. The van der Waals surface area contributed by atoms with E-state index in [4.69, 9.17) is 0 Å². The van der Waals surface area contributed by atoms with E-state index in [1.165, 1.54) is 64.2 Å². The zero-order valence-electron chi connectivity index (χ0n) is 15.8. The summed E-state index contributed by atoms with van der Waals surface area (Å²) < 4.78 is 0. The van der Waals surface area contributed by atoms with Gasteiger partial charge in [-0.25, -0.2) is 0 Å². The van der Waals surface area contributed by atoms with Gasteiger partial charge in [0.25, 0.3) is 0 Å². The Morgan fingerprint density at radius 2 is 1.40 bits per heavy atom. The van der Waals surface area contributed by atoms with Crippen molar-refractivity contribution in [2.45, 2.75) is 84.0 Å². The molecule has 0 aliphatic heterocycles. The summed E-state index contributed by atoms with van der Waals surface area (Å²) in [7, 11) is 0. The van der Waals surface area contributed by atoms with Crippen LogP contribution >= 0.6 is 0 Å². The molecule has 0 unspecified atom stereocenters. The average Bonchev–Trinajstić information content (AvgIpc) is 2.61. The van der Waals surface area contributed by atoms with E-state index in [1.54, 1.807) is 30.3 Å². The summed E-state index contributed by atoms with van der Waals surface area (Å²) in [4.78, 5) is 11.7. The maximum Gasteiger partial charge on any atom is 0.248 e. The van der Waals surface area contributed by atoms with Crippen LogP contribution in [0.5, 0.6) is 5.75 Å². The minimum absolute atomic E-state index is 0.117. The van der Waals surface area contributed by atoms with Crippen LogP contribution in [0.3, 0.4) is 0 Å². The van der Waals surface area contributed by atoms with Gasteiger partial charge in [0.05, 0.1) is 0 Å². The van der Waals surface area contributed by atoms with Crippen LogP contribution in [0.4, 0.5) is 5.69 Å². The first-order valence-electron chi connectivity index (χ1n) is 9.99. The molecule has 0 saturated heterocycles. The number of unbranched alkanes of at least 4 members (excludes halogenated alkanes) is 11. The molecular weight excluding hydrogens is 310 g/mol. The predicted octanol–water partition coefficient (Wildman–Crippen LogP) is 6.59. The molecule has 0 aliphatic carbocycles. The van der Waals surface area contributed by atoms with Gasteiger partial charge in [-0.15, -0.1) is 0 Å². The quantitative estimate of drug-likeness (QED) is 0.227. The van der Waals surface area contributed by atoms with Crippen LogP contribution in [-0.2, 0) is 4.79 Å². The Labute approximate surface area is 153 Å². The SMILES string of the molecule is CCCCCCCCCCCCC/C=C/C(=O)Nc1ccc(O)cc1. The van der Waals surface area contributed by atoms with Crippen molar-refractivity contribution in [3.05, 3.63) is 36.4 Å². The number of hydrogen-bond acceptors (Lipinski definition) is 2. The van der Waals surface area contributed by atoms with Crippen LogP contribution in [0.1, 0.15) is 84.0 Å². The highest BCUT2D eigenvalue weighted by Crippen LogP contribution is 2.14. The van der Waals surface area contributed by atoms with E-state index >= 15 is 0 Å². The van der Waals surface area contributed by atoms with Crippen LogP contribution in [-0.4, -0.2) is 11.0 Å². The Morgan fingerprint density at radius 3 is 1.96 bits per heavy atom. The lowest BCUT2D eigenvalue weighted by molar-refractivity contribution is -0.111. The fraction of sp³-hybridized carbons (Fsp3) is 0.591. The molecule has 0 atom stereocenters. The van der Waals surface area contributed by atoms with E-state index in [1.807, 2.05) is 6.08 Å². The number of carbonyl (C=O) groups excluding carboxylic acids is 1. The molecule has 3 heteroatoms. The van der Waals surface area contributed by atoms with E-state index in [-0.39, 0.29) is 11.7 Å². The molecule has 1 amide bonds. The first-order valence-corrected chi connectivity index (χ1v) is 9.99. The first-order chi connectivity index (χ1) is 12.2. The first kappa shape index (κ1) is 21.3. The summed E-state index contributed by atoms with van der Waals surface area (Å²) in [5.74, 6) is 0.0822. The van der Waals surface area contributed by atoms with E-state index in [0.717, 1.165) is 12.8 Å². The fourth-order valence-corrected chi connectivity index (χ4v) is 2.85. The zero-order valence-corrected chi connectivity index (χ0v) is 15.8. The molecule has 0 heterocycles. The van der Waals surface area contributed by atoms with Crippen molar-refractivity contribution >= 4 is 11.6 Å². The summed E-state index contributed by atoms with van der Waals surface area (Å²) in [5.41, 5.74) is 0.696. The van der Waals surface area contributed by atoms with Crippen molar-refractivity contribution in [1.82, 2.24) is 0 Å². The Bertz CT molecular complexity index is 479. The van der Waals surface area contributed by atoms with E-state index in [9.17, 15) is 9.90 Å². The number of carbonyl (C=O) groups is 1. The van der Waals surface area contributed by atoms with Gasteiger partial charge >= 0.3 is 0 Å². The van der Waals surface area contributed by atoms with Crippen LogP contribution < -0.4 is 5.32 Å². The number of aromatic hydroxyl groups is 1. The predicted molar refractivity (Wildman–Crippen MR) is 107 cm³/mol. The summed E-state index contributed by atoms with van der Waals surface area (Å²) in [6, 6.07) is 6.49. The molecule has 1 aromatic rings. The van der Waals surface area contributed by atoms with Crippen molar-refractivity contribution < 1.29 is 9.90 Å². The Hall–Kier alpha value is -1.77. The second-order valence-electron chi connectivity index (χ2n) is 6.76. The van der Waals surface area contributed by atoms with E-state index < -0.39 is 0 Å². The minimum atomic E-state index is -0.117. The second-order valence-corrected chi connectivity index (χ2v) is 6.76. The summed E-state index contributed by atoms with van der Waals surface area (Å²) in [6.45, 7) is 2.26. The van der Waals surface area contributed by atoms with Gasteiger partial charge in [0.15, 0.2) is 0 Å². The number of rotatable bonds is 14. The monoisotopic (exact) mass is 345 g/mol. The molecule has 0 saturated carbocycles. The molecule has 0 aromatic heterocycles. The normalized spacial score (nSPS) is 11.1. The maximum atomic E-state index is 11.7. The van der Waals surface area contributed by atoms with Crippen molar-refractivity contribution in [2.75, 3.05) is 5.32 Å². The number of phenols is 1. The molecule has 1 aromatic carbocycles. The number of hydrogen-bond donors (Lipinski definition) is 2. The second kappa shape index (κ2) is 14.6. The molecule has 140 valence electrons. The van der Waals surface area contributed by atoms with Crippen molar-refractivity contribution in [1.29, 1.82) is 0 Å². The molecule has 25 heavy (non-hydrogen) atoms. The molecular formula is C22H35NO2. The third-order valence-corrected chi connectivity index (χ3v) is 4.38. The highest BCUT2D eigenvalue weighted by molar-refractivity contribution is 5.99. The fourth-order valence-electron chi connectivity index (χ4n) is 2.85. The lowest BCUT2D eigenvalue weighted by atomic mass is 10.1. The van der Waals surface area contributed by atoms with E-state index in [2.05, 4.69) is 12.2 Å². The molecule has 1 rings (SSSR count). The standard InChI is InChI=1S/C22H35NO2/c1-2-3-4-5-6-7-8-9-10-11-12-13-14-15-22(25)23-20-16-18-21(24)19-17-20/h14-19,24H,2-13H2,1H3,(H,23,25)/b15-14+. The van der Waals surface area contributed by atoms with Gasteiger partial charge in [-0.2, -0.15) is 0 Å². The number of nitrogens with one attached hydrogen (secondary N) is 1. The largest absolute Gasteiger partial charge is 0.508 e. The lowest BCUT2D eigenvalue weighted by Crippen LogP contribution is -2.07. The van der Waals surface area contributed by atoms with Crippen molar-refractivity contribution in [3.8, 4) is 5.75 Å². The molecule has 0 bridgehead atoms. The zero-order chi connectivity index (χ0) is 18.2. The van der Waals surface area contributed by atoms with Crippen LogP contribution in [0, 0.1) is 0 Å². The van der Waals surface area contributed by atoms with Crippen molar-refractivity contribution in [2.24, 2.45) is 0 Å². The molecule has 0 radical (unpaired) electrons. The van der Waals surface area contributed by atoms with Crippen LogP contribution in [0.15, 0.2) is 36.4 Å². The van der Waals surface area contributed by atoms with Gasteiger partial charge in [-0.3, -0.25) is 4.79 Å². The third kappa shape index (κ3) is 12.3. The highest BCUT2D eigenvalue weighted by atomic mass is 16.3. The number of allylic oxidation sites excluding steroid dienone is 1. The lowest BCUT2D eigenvalue weighted by Gasteiger charge is -2.02. The summed E-state index contributed by atoms with van der Waals surface area (Å²) in [6.07, 6.45) is 19.3. The van der Waals surface area contributed by atoms with Crippen molar-refractivity contribution in [3.63, 3.8) is 0 Å². The number of amides is 1. The molecule has 2 N–H and O–H groups in total. The third-order valence-electron chi connectivity index (χ3n) is 4.38. The Morgan fingerprint density at radius 1 is 0.880 bits per heavy atom. The Kier molecular flexibility index (Phi) is 12.4. The van der Waals surface area contributed by atoms with Gasteiger partial charge in [-0.05, 0) is 43.2 Å². The van der Waals surface area contributed by atoms with Crippen LogP contribution in [0.25, 0.3) is 0 Å². The Balaban J connectivity index is 1.92. The van der Waals surface area contributed by atoms with Gasteiger partial charge in [0.1, 0.15) is 5.75 Å². The highest BCUT2D eigenvalue weighted by Gasteiger charge is 1.97. The van der Waals surface area contributed by atoms with Gasteiger partial charge < -0.3 is 10.4 Å². The molecule has 3 nitrogen and oxygen atoms in total. The number of phenolic OH excluding ortho intramolecular Hbond substituents is 1. The number of benzene rings is 1. The minimum Gasteiger partial charge on any atom is -0.508 e. The maximum absolute atomic E-state index is 11.7. The van der Waals surface area contributed by atoms with E-state index in [0.29, 0.717) is 5.69 Å². The van der Waals surface area contributed by atoms with Gasteiger partial charge in [0.2, 0.25) is 5.91 Å². The average molecular weight is 346 g/mol. The van der Waals surface area contributed by atoms with Gasteiger partial charge in [-0.1, -0.05) is 77.2 Å². The molecule has 0 fully saturated rings. The topological polar surface area (TPSA) is 49.3 Å². The van der Waals surface area contributed by atoms with Gasteiger partial charge in [0, 0.05) is 5.69 Å².